The molecular weight excluding hydrogens is 343 g/mol. The molecule has 1 aromatic carbocycles. The zero-order chi connectivity index (χ0) is 16.3. The van der Waals surface area contributed by atoms with Crippen molar-refractivity contribution in [2.24, 2.45) is 0 Å². The fourth-order valence-corrected chi connectivity index (χ4v) is 2.76. The maximum atomic E-state index is 12.4. The molecule has 0 aliphatic rings. The van der Waals surface area contributed by atoms with Gasteiger partial charge in [-0.25, -0.2) is 4.98 Å². The molecule has 0 saturated heterocycles. The first-order valence-corrected chi connectivity index (χ1v) is 8.03. The van der Waals surface area contributed by atoms with Crippen molar-refractivity contribution < 1.29 is 4.79 Å². The molecule has 0 bridgehead atoms. The molecule has 0 unspecified atom stereocenters. The standard InChI is InChI=1S/C16H15Cl3N2O/c1-3-9-5-6-12(17)11(4-2)14(9)21-16(22)10-7-13(18)15(19)20-8-10/h5-8H,3-4H2,1-2H3,(H,21,22). The van der Waals surface area contributed by atoms with Crippen LogP contribution >= 0.6 is 34.8 Å². The topological polar surface area (TPSA) is 42.0 Å². The van der Waals surface area contributed by atoms with Gasteiger partial charge < -0.3 is 5.32 Å². The van der Waals surface area contributed by atoms with Crippen LogP contribution in [0.4, 0.5) is 5.69 Å². The first kappa shape index (κ1) is 17.1. The van der Waals surface area contributed by atoms with E-state index < -0.39 is 0 Å². The van der Waals surface area contributed by atoms with E-state index in [0.717, 1.165) is 29.7 Å². The van der Waals surface area contributed by atoms with Crippen LogP contribution in [0.1, 0.15) is 35.3 Å². The molecule has 0 aliphatic heterocycles. The highest BCUT2D eigenvalue weighted by Gasteiger charge is 2.15. The molecule has 2 rings (SSSR count). The monoisotopic (exact) mass is 356 g/mol. The van der Waals surface area contributed by atoms with E-state index in [-0.39, 0.29) is 16.1 Å². The van der Waals surface area contributed by atoms with Gasteiger partial charge in [-0.2, -0.15) is 0 Å². The number of carbonyl (C=O) groups is 1. The molecule has 1 heterocycles. The number of amides is 1. The first-order valence-electron chi connectivity index (χ1n) is 6.90. The van der Waals surface area contributed by atoms with Crippen molar-refractivity contribution in [1.82, 2.24) is 4.98 Å². The van der Waals surface area contributed by atoms with Crippen LogP contribution in [0.3, 0.4) is 0 Å². The van der Waals surface area contributed by atoms with Gasteiger partial charge in [0.25, 0.3) is 5.91 Å². The highest BCUT2D eigenvalue weighted by Crippen LogP contribution is 2.30. The summed E-state index contributed by atoms with van der Waals surface area (Å²) in [6, 6.07) is 5.27. The first-order chi connectivity index (χ1) is 10.5. The van der Waals surface area contributed by atoms with Gasteiger partial charge in [-0.3, -0.25) is 4.79 Å². The summed E-state index contributed by atoms with van der Waals surface area (Å²) >= 11 is 17.9. The van der Waals surface area contributed by atoms with Gasteiger partial charge in [0.1, 0.15) is 5.15 Å². The van der Waals surface area contributed by atoms with E-state index in [1.807, 2.05) is 26.0 Å². The number of aromatic nitrogens is 1. The normalized spacial score (nSPS) is 10.6. The molecule has 2 aromatic rings. The number of aryl methyl sites for hydroxylation is 1. The van der Waals surface area contributed by atoms with Crippen molar-refractivity contribution in [3.05, 3.63) is 56.3 Å². The number of carbonyl (C=O) groups excluding carboxylic acids is 1. The molecule has 0 fully saturated rings. The van der Waals surface area contributed by atoms with Crippen LogP contribution < -0.4 is 5.32 Å². The molecular formula is C16H15Cl3N2O. The van der Waals surface area contributed by atoms with Crippen molar-refractivity contribution in [2.45, 2.75) is 26.7 Å². The Balaban J connectivity index is 2.39. The van der Waals surface area contributed by atoms with Crippen LogP contribution in [-0.4, -0.2) is 10.9 Å². The zero-order valence-corrected chi connectivity index (χ0v) is 14.5. The minimum absolute atomic E-state index is 0.171. The highest BCUT2D eigenvalue weighted by molar-refractivity contribution is 6.41. The number of hydrogen-bond donors (Lipinski definition) is 1. The quantitative estimate of drug-likeness (QED) is 0.742. The van der Waals surface area contributed by atoms with Crippen LogP contribution in [0.2, 0.25) is 15.2 Å². The van der Waals surface area contributed by atoms with Crippen LogP contribution in [0.15, 0.2) is 24.4 Å². The van der Waals surface area contributed by atoms with E-state index in [0.29, 0.717) is 10.6 Å². The molecule has 22 heavy (non-hydrogen) atoms. The molecule has 116 valence electrons. The highest BCUT2D eigenvalue weighted by atomic mass is 35.5. The molecule has 1 amide bonds. The third-order valence-corrected chi connectivity index (χ3v) is 4.41. The minimum atomic E-state index is -0.294. The Morgan fingerprint density at radius 3 is 2.45 bits per heavy atom. The zero-order valence-electron chi connectivity index (χ0n) is 12.2. The minimum Gasteiger partial charge on any atom is -0.321 e. The second kappa shape index (κ2) is 7.32. The van der Waals surface area contributed by atoms with Crippen LogP contribution in [0.5, 0.6) is 0 Å². The summed E-state index contributed by atoms with van der Waals surface area (Å²) in [6.45, 7) is 4.02. The smallest absolute Gasteiger partial charge is 0.257 e. The summed E-state index contributed by atoms with van der Waals surface area (Å²) in [5, 5.41) is 3.97. The van der Waals surface area contributed by atoms with Crippen LogP contribution in [-0.2, 0) is 12.8 Å². The predicted octanol–water partition coefficient (Wildman–Crippen LogP) is 5.42. The lowest BCUT2D eigenvalue weighted by atomic mass is 10.0. The second-order valence-electron chi connectivity index (χ2n) is 4.72. The van der Waals surface area contributed by atoms with Crippen molar-refractivity contribution >= 4 is 46.4 Å². The van der Waals surface area contributed by atoms with E-state index in [2.05, 4.69) is 10.3 Å². The van der Waals surface area contributed by atoms with Crippen molar-refractivity contribution in [2.75, 3.05) is 5.32 Å². The largest absolute Gasteiger partial charge is 0.321 e. The number of benzene rings is 1. The summed E-state index contributed by atoms with van der Waals surface area (Å²) in [5.41, 5.74) is 3.05. The lowest BCUT2D eigenvalue weighted by Crippen LogP contribution is -2.15. The molecule has 1 N–H and O–H groups in total. The number of anilines is 1. The Kier molecular flexibility index (Phi) is 5.68. The molecule has 0 saturated carbocycles. The average Bonchev–Trinajstić information content (AvgIpc) is 2.50. The lowest BCUT2D eigenvalue weighted by molar-refractivity contribution is 0.102. The van der Waals surface area contributed by atoms with Gasteiger partial charge in [0.2, 0.25) is 0 Å². The van der Waals surface area contributed by atoms with E-state index in [1.165, 1.54) is 12.3 Å². The third-order valence-electron chi connectivity index (χ3n) is 3.37. The Hall–Kier alpha value is -1.29. The molecule has 0 spiro atoms. The number of pyridine rings is 1. The maximum absolute atomic E-state index is 12.4. The summed E-state index contributed by atoms with van der Waals surface area (Å²) in [6.07, 6.45) is 2.91. The van der Waals surface area contributed by atoms with Gasteiger partial charge in [0, 0.05) is 16.9 Å². The van der Waals surface area contributed by atoms with Gasteiger partial charge in [0.05, 0.1) is 10.6 Å². The number of halogens is 3. The van der Waals surface area contributed by atoms with Crippen LogP contribution in [0.25, 0.3) is 0 Å². The van der Waals surface area contributed by atoms with Gasteiger partial charge >= 0.3 is 0 Å². The van der Waals surface area contributed by atoms with Crippen molar-refractivity contribution in [3.63, 3.8) is 0 Å². The lowest BCUT2D eigenvalue weighted by Gasteiger charge is -2.16. The van der Waals surface area contributed by atoms with E-state index in [1.54, 1.807) is 0 Å². The molecule has 3 nitrogen and oxygen atoms in total. The van der Waals surface area contributed by atoms with Gasteiger partial charge in [-0.05, 0) is 36.1 Å². The number of hydrogen-bond acceptors (Lipinski definition) is 2. The van der Waals surface area contributed by atoms with Gasteiger partial charge in [-0.1, -0.05) is 54.7 Å². The Morgan fingerprint density at radius 1 is 1.14 bits per heavy atom. The summed E-state index contributed by atoms with van der Waals surface area (Å²) < 4.78 is 0. The Morgan fingerprint density at radius 2 is 1.86 bits per heavy atom. The molecule has 0 atom stereocenters. The van der Waals surface area contributed by atoms with E-state index in [9.17, 15) is 4.79 Å². The fourth-order valence-electron chi connectivity index (χ4n) is 2.20. The Bertz CT molecular complexity index is 717. The number of nitrogens with zero attached hydrogens (tertiary/aromatic N) is 1. The van der Waals surface area contributed by atoms with Crippen LogP contribution in [0, 0.1) is 0 Å². The SMILES string of the molecule is CCc1ccc(Cl)c(CC)c1NC(=O)c1cnc(Cl)c(Cl)c1. The van der Waals surface area contributed by atoms with E-state index in [4.69, 9.17) is 34.8 Å². The summed E-state index contributed by atoms with van der Waals surface area (Å²) in [5.74, 6) is -0.294. The maximum Gasteiger partial charge on any atom is 0.257 e. The van der Waals surface area contributed by atoms with Gasteiger partial charge in [0.15, 0.2) is 0 Å². The molecule has 0 aliphatic carbocycles. The van der Waals surface area contributed by atoms with Crippen molar-refractivity contribution in [1.29, 1.82) is 0 Å². The summed E-state index contributed by atoms with van der Waals surface area (Å²) in [4.78, 5) is 16.3. The molecule has 0 radical (unpaired) electrons. The van der Waals surface area contributed by atoms with Crippen molar-refractivity contribution in [3.8, 4) is 0 Å². The molecule has 1 aromatic heterocycles. The number of nitrogens with one attached hydrogen (secondary N) is 1. The predicted molar refractivity (Wildman–Crippen MR) is 92.4 cm³/mol. The molecule has 6 heteroatoms. The van der Waals surface area contributed by atoms with E-state index >= 15 is 0 Å². The fraction of sp³-hybridized carbons (Fsp3) is 0.250. The third kappa shape index (κ3) is 3.54. The van der Waals surface area contributed by atoms with Gasteiger partial charge in [-0.15, -0.1) is 0 Å². The summed E-state index contributed by atoms with van der Waals surface area (Å²) in [7, 11) is 0. The second-order valence-corrected chi connectivity index (χ2v) is 5.89. The number of rotatable bonds is 4. The Labute approximate surface area is 144 Å². The average molecular weight is 358 g/mol.